The minimum Gasteiger partial charge on any atom is -0.321 e. The molecule has 3 rings (SSSR count). The molecule has 2 aromatic carbocycles. The maximum absolute atomic E-state index is 11.7. The molecule has 1 N–H and O–H groups in total. The molecule has 1 heterocycles. The highest BCUT2D eigenvalue weighted by atomic mass is 16.1. The number of para-hydroxylation sites is 1. The van der Waals surface area contributed by atoms with Gasteiger partial charge in [-0.2, -0.15) is 0 Å². The summed E-state index contributed by atoms with van der Waals surface area (Å²) in [5.74, 6) is 0. The van der Waals surface area contributed by atoms with Crippen molar-refractivity contribution >= 4 is 21.7 Å². The van der Waals surface area contributed by atoms with Gasteiger partial charge in [-0.25, -0.2) is 0 Å². The summed E-state index contributed by atoms with van der Waals surface area (Å²) in [6, 6.07) is 15.5. The van der Waals surface area contributed by atoms with E-state index in [1.54, 1.807) is 0 Å². The monoisotopic (exact) mass is 225 g/mol. The first-order valence-electron chi connectivity index (χ1n) is 5.86. The van der Waals surface area contributed by atoms with Crippen LogP contribution in [0.1, 0.15) is 13.8 Å². The van der Waals surface area contributed by atoms with Crippen LogP contribution < -0.4 is 5.56 Å². The summed E-state index contributed by atoms with van der Waals surface area (Å²) in [5, 5.41) is 2.85. The molecule has 0 fully saturated rings. The Bertz CT molecular complexity index is 698. The molecule has 0 aliphatic heterocycles. The van der Waals surface area contributed by atoms with E-state index in [0.29, 0.717) is 0 Å². The first-order chi connectivity index (χ1) is 8.36. The zero-order valence-corrected chi connectivity index (χ0v) is 10.0. The van der Waals surface area contributed by atoms with Gasteiger partial charge in [0.05, 0.1) is 0 Å². The highest BCUT2D eigenvalue weighted by Gasteiger charge is 2.02. The minimum atomic E-state index is -0.0238. The highest BCUT2D eigenvalue weighted by Crippen LogP contribution is 2.19. The molecule has 0 spiro atoms. The van der Waals surface area contributed by atoms with Crippen LogP contribution in [0.5, 0.6) is 0 Å². The van der Waals surface area contributed by atoms with Crippen molar-refractivity contribution in [3.05, 3.63) is 58.9 Å². The second kappa shape index (κ2) is 4.83. The number of fused-ring (bicyclic) bond motifs is 3. The second-order valence-corrected chi connectivity index (χ2v) is 3.55. The lowest BCUT2D eigenvalue weighted by Crippen LogP contribution is -2.05. The van der Waals surface area contributed by atoms with Crippen LogP contribution in [0, 0.1) is 0 Å². The normalized spacial score (nSPS) is 10.0. The molecule has 2 heteroatoms. The second-order valence-electron chi connectivity index (χ2n) is 3.55. The number of aromatic amines is 1. The van der Waals surface area contributed by atoms with Crippen LogP contribution in [-0.4, -0.2) is 4.98 Å². The maximum Gasteiger partial charge on any atom is 0.256 e. The van der Waals surface area contributed by atoms with E-state index in [4.69, 9.17) is 0 Å². The van der Waals surface area contributed by atoms with Crippen molar-refractivity contribution < 1.29 is 0 Å². The van der Waals surface area contributed by atoms with Gasteiger partial charge in [0.15, 0.2) is 0 Å². The van der Waals surface area contributed by atoms with E-state index in [1.807, 2.05) is 62.4 Å². The molecular weight excluding hydrogens is 210 g/mol. The largest absolute Gasteiger partial charge is 0.321 e. The Morgan fingerprint density at radius 3 is 2.00 bits per heavy atom. The van der Waals surface area contributed by atoms with Crippen molar-refractivity contribution in [2.24, 2.45) is 0 Å². The standard InChI is InChI=1S/C13H9NO.C2H6/c15-13-11-7-2-1-5-9(11)10-6-3-4-8-12(10)14-13;1-2/h1-8H,(H,14,15);1-2H3. The summed E-state index contributed by atoms with van der Waals surface area (Å²) in [6.07, 6.45) is 0. The van der Waals surface area contributed by atoms with Crippen LogP contribution in [0.2, 0.25) is 0 Å². The van der Waals surface area contributed by atoms with Crippen molar-refractivity contribution in [1.29, 1.82) is 0 Å². The van der Waals surface area contributed by atoms with Gasteiger partial charge in [0.25, 0.3) is 5.56 Å². The smallest absolute Gasteiger partial charge is 0.256 e. The fourth-order valence-electron chi connectivity index (χ4n) is 1.93. The number of pyridine rings is 1. The maximum atomic E-state index is 11.7. The number of nitrogens with one attached hydrogen (secondary N) is 1. The molecule has 2 nitrogen and oxygen atoms in total. The van der Waals surface area contributed by atoms with Gasteiger partial charge in [-0.3, -0.25) is 4.79 Å². The highest BCUT2D eigenvalue weighted by molar-refractivity contribution is 6.04. The Kier molecular flexibility index (Phi) is 3.24. The van der Waals surface area contributed by atoms with E-state index < -0.39 is 0 Å². The van der Waals surface area contributed by atoms with Crippen molar-refractivity contribution in [2.45, 2.75) is 13.8 Å². The van der Waals surface area contributed by atoms with Crippen molar-refractivity contribution in [1.82, 2.24) is 4.98 Å². The van der Waals surface area contributed by atoms with Crippen LogP contribution in [0.4, 0.5) is 0 Å². The van der Waals surface area contributed by atoms with Gasteiger partial charge in [-0.1, -0.05) is 50.2 Å². The quantitative estimate of drug-likeness (QED) is 0.581. The van der Waals surface area contributed by atoms with Crippen LogP contribution >= 0.6 is 0 Å². The number of hydrogen-bond donors (Lipinski definition) is 1. The Balaban J connectivity index is 0.000000514. The summed E-state index contributed by atoms with van der Waals surface area (Å²) in [5.41, 5.74) is 0.866. The lowest BCUT2D eigenvalue weighted by molar-refractivity contribution is 1.34. The summed E-state index contributed by atoms with van der Waals surface area (Å²) in [7, 11) is 0. The topological polar surface area (TPSA) is 32.9 Å². The Morgan fingerprint density at radius 2 is 1.29 bits per heavy atom. The number of aromatic nitrogens is 1. The number of H-pyrrole nitrogens is 1. The van der Waals surface area contributed by atoms with Crippen LogP contribution in [0.25, 0.3) is 21.7 Å². The zero-order valence-electron chi connectivity index (χ0n) is 10.0. The first-order valence-corrected chi connectivity index (χ1v) is 5.86. The van der Waals surface area contributed by atoms with Gasteiger partial charge >= 0.3 is 0 Å². The van der Waals surface area contributed by atoms with Gasteiger partial charge < -0.3 is 4.98 Å². The van der Waals surface area contributed by atoms with Crippen molar-refractivity contribution in [3.8, 4) is 0 Å². The molecular formula is C15H15NO. The Labute approximate surface area is 99.9 Å². The SMILES string of the molecule is CC.O=c1[nH]c2ccccc2c2ccccc12. The predicted octanol–water partition coefficient (Wildman–Crippen LogP) is 3.71. The molecule has 86 valence electrons. The number of rotatable bonds is 0. The molecule has 0 saturated heterocycles. The predicted molar refractivity (Wildman–Crippen MR) is 73.4 cm³/mol. The summed E-state index contributed by atoms with van der Waals surface area (Å²) >= 11 is 0. The average Bonchev–Trinajstić information content (AvgIpc) is 2.42. The van der Waals surface area contributed by atoms with E-state index >= 15 is 0 Å². The molecule has 0 bridgehead atoms. The van der Waals surface area contributed by atoms with Crippen LogP contribution in [0.3, 0.4) is 0 Å². The third kappa shape index (κ3) is 1.94. The fraction of sp³-hybridized carbons (Fsp3) is 0.133. The molecule has 0 aliphatic carbocycles. The van der Waals surface area contributed by atoms with E-state index in [1.165, 1.54) is 0 Å². The number of benzene rings is 2. The third-order valence-corrected chi connectivity index (χ3v) is 2.64. The van der Waals surface area contributed by atoms with Gasteiger partial charge in [0, 0.05) is 16.3 Å². The third-order valence-electron chi connectivity index (χ3n) is 2.64. The van der Waals surface area contributed by atoms with Gasteiger partial charge in [0.2, 0.25) is 0 Å². The summed E-state index contributed by atoms with van der Waals surface area (Å²) in [4.78, 5) is 14.6. The number of hydrogen-bond acceptors (Lipinski definition) is 1. The molecule has 0 atom stereocenters. The zero-order chi connectivity index (χ0) is 12.3. The van der Waals surface area contributed by atoms with Gasteiger partial charge in [-0.05, 0) is 17.5 Å². The van der Waals surface area contributed by atoms with Gasteiger partial charge in [-0.15, -0.1) is 0 Å². The van der Waals surface area contributed by atoms with E-state index in [2.05, 4.69) is 4.98 Å². The molecule has 17 heavy (non-hydrogen) atoms. The molecule has 1 aromatic heterocycles. The van der Waals surface area contributed by atoms with E-state index in [9.17, 15) is 4.79 Å². The molecule has 0 unspecified atom stereocenters. The van der Waals surface area contributed by atoms with E-state index in [0.717, 1.165) is 21.7 Å². The average molecular weight is 225 g/mol. The van der Waals surface area contributed by atoms with Gasteiger partial charge in [0.1, 0.15) is 0 Å². The van der Waals surface area contributed by atoms with Crippen LogP contribution in [-0.2, 0) is 0 Å². The summed E-state index contributed by atoms with van der Waals surface area (Å²) < 4.78 is 0. The molecule has 0 amide bonds. The minimum absolute atomic E-state index is 0.0238. The fourth-order valence-corrected chi connectivity index (χ4v) is 1.93. The molecule has 0 radical (unpaired) electrons. The van der Waals surface area contributed by atoms with Crippen LogP contribution in [0.15, 0.2) is 53.3 Å². The lowest BCUT2D eigenvalue weighted by atomic mass is 10.1. The van der Waals surface area contributed by atoms with Crippen molar-refractivity contribution in [3.63, 3.8) is 0 Å². The molecule has 0 aliphatic rings. The van der Waals surface area contributed by atoms with Crippen molar-refractivity contribution in [2.75, 3.05) is 0 Å². The first kappa shape index (κ1) is 11.4. The Hall–Kier alpha value is -2.09. The summed E-state index contributed by atoms with van der Waals surface area (Å²) in [6.45, 7) is 4.00. The Morgan fingerprint density at radius 1 is 0.765 bits per heavy atom. The van der Waals surface area contributed by atoms with E-state index in [-0.39, 0.29) is 5.56 Å². The molecule has 0 saturated carbocycles. The lowest BCUT2D eigenvalue weighted by Gasteiger charge is -2.02. The molecule has 3 aromatic rings.